The van der Waals surface area contributed by atoms with Crippen LogP contribution in [-0.4, -0.2) is 17.8 Å². The lowest BCUT2D eigenvalue weighted by Gasteiger charge is -2.13. The maximum atomic E-state index is 13.0. The average molecular weight is 504 g/mol. The Labute approximate surface area is 208 Å². The van der Waals surface area contributed by atoms with Crippen LogP contribution in [0.2, 0.25) is 5.02 Å². The summed E-state index contributed by atoms with van der Waals surface area (Å²) < 4.78 is 33.6. The molecule has 0 radical (unpaired) electrons. The number of halogens is 1. The molecule has 5 aromatic rings. The van der Waals surface area contributed by atoms with Gasteiger partial charge in [-0.3, -0.25) is 4.40 Å². The maximum Gasteiger partial charge on any atom is 0.339 e. The van der Waals surface area contributed by atoms with Gasteiger partial charge in [-0.15, -0.1) is 0 Å². The van der Waals surface area contributed by atoms with Crippen molar-refractivity contribution in [1.82, 2.24) is 9.38 Å². The molecule has 3 aromatic carbocycles. The van der Waals surface area contributed by atoms with Gasteiger partial charge in [-0.1, -0.05) is 54.1 Å². The first-order valence-electron chi connectivity index (χ1n) is 11.0. The minimum absolute atomic E-state index is 0.0183. The molecule has 176 valence electrons. The summed E-state index contributed by atoms with van der Waals surface area (Å²) >= 11 is 5.92. The van der Waals surface area contributed by atoms with Gasteiger partial charge < -0.3 is 9.50 Å². The molecule has 0 saturated carbocycles. The first-order chi connectivity index (χ1) is 16.9. The largest absolute Gasteiger partial charge is 0.378 e. The van der Waals surface area contributed by atoms with E-state index in [0.29, 0.717) is 22.8 Å². The van der Waals surface area contributed by atoms with Crippen LogP contribution in [0.15, 0.2) is 102 Å². The normalized spacial score (nSPS) is 11.5. The average Bonchev–Trinajstić information content (AvgIpc) is 3.21. The van der Waals surface area contributed by atoms with Gasteiger partial charge >= 0.3 is 10.1 Å². The first kappa shape index (κ1) is 23.0. The number of anilines is 1. The zero-order valence-electron chi connectivity index (χ0n) is 18.9. The maximum absolute atomic E-state index is 13.0. The lowest BCUT2D eigenvalue weighted by atomic mass is 10.1. The Balaban J connectivity index is 1.58. The van der Waals surface area contributed by atoms with E-state index in [1.54, 1.807) is 18.2 Å². The van der Waals surface area contributed by atoms with Crippen LogP contribution in [0, 0.1) is 6.92 Å². The molecule has 0 amide bonds. The number of para-hydroxylation sites is 1. The molecule has 35 heavy (non-hydrogen) atoms. The highest BCUT2D eigenvalue weighted by Crippen LogP contribution is 2.37. The standard InChI is InChI=1S/C27H22ClN3O3S/c1-19-15-16-31-25(17-19)30-26(27(31)29-18-20-7-3-2-4-8-20)23-9-5-6-10-24(23)34-35(32,33)22-13-11-21(28)12-14-22/h2-17,29H,18H2,1H3. The van der Waals surface area contributed by atoms with E-state index in [9.17, 15) is 8.42 Å². The summed E-state index contributed by atoms with van der Waals surface area (Å²) in [6, 6.07) is 26.8. The third-order valence-corrected chi connectivity index (χ3v) is 7.03. The molecule has 5 rings (SSSR count). The monoisotopic (exact) mass is 503 g/mol. The summed E-state index contributed by atoms with van der Waals surface area (Å²) in [5.41, 5.74) is 4.06. The molecule has 6 nitrogen and oxygen atoms in total. The van der Waals surface area contributed by atoms with Crippen LogP contribution in [0.1, 0.15) is 11.1 Å². The molecule has 0 saturated heterocycles. The number of fused-ring (bicyclic) bond motifs is 1. The number of benzene rings is 3. The molecule has 8 heteroatoms. The predicted molar refractivity (Wildman–Crippen MR) is 138 cm³/mol. The molecule has 1 N–H and O–H groups in total. The first-order valence-corrected chi connectivity index (χ1v) is 12.8. The molecule has 2 heterocycles. The fourth-order valence-corrected chi connectivity index (χ4v) is 4.86. The molecule has 0 aliphatic carbocycles. The number of aromatic nitrogens is 2. The van der Waals surface area contributed by atoms with Gasteiger partial charge in [0.1, 0.15) is 22.1 Å². The van der Waals surface area contributed by atoms with Gasteiger partial charge in [-0.25, -0.2) is 4.98 Å². The molecule has 0 fully saturated rings. The second-order valence-corrected chi connectivity index (χ2v) is 10.1. The number of nitrogens with one attached hydrogen (secondary N) is 1. The number of hydrogen-bond acceptors (Lipinski definition) is 5. The topological polar surface area (TPSA) is 72.7 Å². The molecule has 0 aliphatic heterocycles. The fraction of sp³-hybridized carbons (Fsp3) is 0.0741. The Bertz CT molecular complexity index is 1600. The summed E-state index contributed by atoms with van der Waals surface area (Å²) in [5, 5.41) is 3.92. The van der Waals surface area contributed by atoms with Crippen molar-refractivity contribution >= 4 is 33.2 Å². The molecule has 0 unspecified atom stereocenters. The van der Waals surface area contributed by atoms with Crippen molar-refractivity contribution < 1.29 is 12.6 Å². The van der Waals surface area contributed by atoms with Crippen molar-refractivity contribution in [3.05, 3.63) is 113 Å². The Morgan fingerprint density at radius 3 is 2.43 bits per heavy atom. The highest BCUT2D eigenvalue weighted by Gasteiger charge is 2.22. The molecular weight excluding hydrogens is 482 g/mol. The molecule has 0 atom stereocenters. The Kier molecular flexibility index (Phi) is 6.19. The van der Waals surface area contributed by atoms with Crippen LogP contribution in [0.25, 0.3) is 16.9 Å². The number of nitrogens with zero attached hydrogens (tertiary/aromatic N) is 2. The smallest absolute Gasteiger partial charge is 0.339 e. The zero-order chi connectivity index (χ0) is 24.4. The van der Waals surface area contributed by atoms with Gasteiger partial charge in [0.15, 0.2) is 5.75 Å². The molecule has 2 aromatic heterocycles. The van der Waals surface area contributed by atoms with Gasteiger partial charge in [0.25, 0.3) is 0 Å². The SMILES string of the molecule is Cc1ccn2c(NCc3ccccc3)c(-c3ccccc3OS(=O)(=O)c3ccc(Cl)cc3)nc2c1. The van der Waals surface area contributed by atoms with Gasteiger partial charge in [0.2, 0.25) is 0 Å². The second kappa shape index (κ2) is 9.44. The summed E-state index contributed by atoms with van der Waals surface area (Å²) in [5.74, 6) is 0.925. The van der Waals surface area contributed by atoms with Crippen molar-refractivity contribution in [2.45, 2.75) is 18.4 Å². The Morgan fingerprint density at radius 2 is 1.66 bits per heavy atom. The summed E-state index contributed by atoms with van der Waals surface area (Å²) in [6.07, 6.45) is 1.95. The van der Waals surface area contributed by atoms with Crippen molar-refractivity contribution in [3.63, 3.8) is 0 Å². The van der Waals surface area contributed by atoms with Crippen LogP contribution in [-0.2, 0) is 16.7 Å². The summed E-state index contributed by atoms with van der Waals surface area (Å²) in [6.45, 7) is 2.57. The van der Waals surface area contributed by atoms with E-state index in [2.05, 4.69) is 5.32 Å². The lowest BCUT2D eigenvalue weighted by Crippen LogP contribution is -2.10. The number of aryl methyl sites for hydroxylation is 1. The lowest BCUT2D eigenvalue weighted by molar-refractivity contribution is 0.487. The highest BCUT2D eigenvalue weighted by atomic mass is 35.5. The minimum Gasteiger partial charge on any atom is -0.378 e. The second-order valence-electron chi connectivity index (χ2n) is 8.07. The number of pyridine rings is 1. The van der Waals surface area contributed by atoms with Gasteiger partial charge in [0, 0.05) is 23.3 Å². The van der Waals surface area contributed by atoms with Gasteiger partial charge in [-0.2, -0.15) is 8.42 Å². The third-order valence-electron chi connectivity index (χ3n) is 5.53. The van der Waals surface area contributed by atoms with Crippen LogP contribution in [0.5, 0.6) is 5.75 Å². The van der Waals surface area contributed by atoms with Crippen molar-refractivity contribution in [3.8, 4) is 17.0 Å². The number of hydrogen-bond donors (Lipinski definition) is 1. The Morgan fingerprint density at radius 1 is 0.943 bits per heavy atom. The number of rotatable bonds is 7. The van der Waals surface area contributed by atoms with Crippen LogP contribution in [0.3, 0.4) is 0 Å². The van der Waals surface area contributed by atoms with Crippen molar-refractivity contribution in [2.75, 3.05) is 5.32 Å². The van der Waals surface area contributed by atoms with Gasteiger partial charge in [-0.05, 0) is 66.6 Å². The van der Waals surface area contributed by atoms with Crippen molar-refractivity contribution in [2.24, 2.45) is 0 Å². The van der Waals surface area contributed by atoms with Crippen LogP contribution >= 0.6 is 11.6 Å². The third kappa shape index (κ3) is 4.87. The van der Waals surface area contributed by atoms with Crippen LogP contribution < -0.4 is 9.50 Å². The molecular formula is C27H22ClN3O3S. The van der Waals surface area contributed by atoms with E-state index in [0.717, 1.165) is 22.6 Å². The fourth-order valence-electron chi connectivity index (χ4n) is 3.79. The van der Waals surface area contributed by atoms with E-state index >= 15 is 0 Å². The Hall–Kier alpha value is -3.81. The van der Waals surface area contributed by atoms with Crippen molar-refractivity contribution in [1.29, 1.82) is 0 Å². The highest BCUT2D eigenvalue weighted by molar-refractivity contribution is 7.87. The van der Waals surface area contributed by atoms with E-state index in [-0.39, 0.29) is 10.6 Å². The van der Waals surface area contributed by atoms with E-state index in [1.165, 1.54) is 24.3 Å². The summed E-state index contributed by atoms with van der Waals surface area (Å²) in [7, 11) is -4.08. The molecule has 0 spiro atoms. The minimum atomic E-state index is -4.08. The molecule has 0 aliphatic rings. The van der Waals surface area contributed by atoms with Crippen LogP contribution in [0.4, 0.5) is 5.82 Å². The zero-order valence-corrected chi connectivity index (χ0v) is 20.4. The molecule has 0 bridgehead atoms. The van der Waals surface area contributed by atoms with Gasteiger partial charge in [0.05, 0.1) is 0 Å². The predicted octanol–water partition coefficient (Wildman–Crippen LogP) is 6.34. The van der Waals surface area contributed by atoms with E-state index in [1.807, 2.05) is 66.1 Å². The summed E-state index contributed by atoms with van der Waals surface area (Å²) in [4.78, 5) is 4.86. The van der Waals surface area contributed by atoms with E-state index in [4.69, 9.17) is 20.8 Å². The number of imidazole rings is 1. The quantitative estimate of drug-likeness (QED) is 0.262. The van der Waals surface area contributed by atoms with E-state index < -0.39 is 10.1 Å².